The first-order valence-corrected chi connectivity index (χ1v) is 17.5. The summed E-state index contributed by atoms with van der Waals surface area (Å²) in [5.41, 5.74) is 11.3. The number of para-hydroxylation sites is 2. The quantitative estimate of drug-likeness (QED) is 0.188. The highest BCUT2D eigenvalue weighted by atomic mass is 15.2. The number of hydrogen-bond donors (Lipinski definition) is 0. The maximum Gasteiger partial charge on any atom is 0.235 e. The fourth-order valence-electron chi connectivity index (χ4n) is 7.96. The SMILES string of the molecule is c1ccc(-c2ccc3c(c2)c2cc4ccccc4cc2n3-c2nc(-c3ccc4c(c3)c3ccccc3n4-c3ccccc3)c3ncccc3n2)cc1. The van der Waals surface area contributed by atoms with Crippen LogP contribution in [-0.4, -0.2) is 24.1 Å². The van der Waals surface area contributed by atoms with Crippen molar-refractivity contribution in [3.63, 3.8) is 0 Å². The van der Waals surface area contributed by atoms with E-state index in [-0.39, 0.29) is 0 Å². The smallest absolute Gasteiger partial charge is 0.235 e. The van der Waals surface area contributed by atoms with Gasteiger partial charge in [0.2, 0.25) is 5.95 Å². The topological polar surface area (TPSA) is 48.5 Å². The van der Waals surface area contributed by atoms with Gasteiger partial charge in [0.15, 0.2) is 0 Å². The van der Waals surface area contributed by atoms with Gasteiger partial charge in [-0.05, 0) is 88.6 Å². The molecule has 0 atom stereocenters. The largest absolute Gasteiger partial charge is 0.309 e. The van der Waals surface area contributed by atoms with Gasteiger partial charge in [-0.15, -0.1) is 0 Å². The summed E-state index contributed by atoms with van der Waals surface area (Å²) in [7, 11) is 0. The van der Waals surface area contributed by atoms with Crippen LogP contribution in [0.1, 0.15) is 0 Å². The minimum absolute atomic E-state index is 0.616. The van der Waals surface area contributed by atoms with Crippen LogP contribution in [0.4, 0.5) is 0 Å². The average Bonchev–Trinajstić information content (AvgIpc) is 3.71. The molecule has 0 aliphatic rings. The van der Waals surface area contributed by atoms with Crippen LogP contribution in [0.15, 0.2) is 176 Å². The molecule has 11 rings (SSSR count). The Hall–Kier alpha value is -7.11. The molecule has 5 nitrogen and oxygen atoms in total. The molecule has 0 saturated heterocycles. The average molecular weight is 664 g/mol. The molecule has 0 aliphatic heterocycles. The van der Waals surface area contributed by atoms with Crippen LogP contribution in [0.3, 0.4) is 0 Å². The predicted molar refractivity (Wildman–Crippen MR) is 214 cm³/mol. The van der Waals surface area contributed by atoms with E-state index in [1.54, 1.807) is 0 Å². The molecular formula is C47H29N5. The first-order chi connectivity index (χ1) is 25.8. The standard InChI is InChI=1S/C47H29N5/c1-3-12-30(13-4-1)33-21-23-43-38(27-33)39-26-31-14-7-8-15-32(31)29-44(39)52(43)47-49-40-19-11-25-48-46(40)45(50-47)34-22-24-42-37(28-34)36-18-9-10-20-41(36)51(42)35-16-5-2-6-17-35/h1-29H. The predicted octanol–water partition coefficient (Wildman–Crippen LogP) is 11.7. The molecule has 0 bridgehead atoms. The number of fused-ring (bicyclic) bond motifs is 8. The summed E-state index contributed by atoms with van der Waals surface area (Å²) in [6, 6.07) is 60.2. The molecule has 0 spiro atoms. The van der Waals surface area contributed by atoms with Crippen LogP contribution in [0.5, 0.6) is 0 Å². The Morgan fingerprint density at radius 1 is 0.385 bits per heavy atom. The van der Waals surface area contributed by atoms with Gasteiger partial charge in [0, 0.05) is 39.0 Å². The lowest BCUT2D eigenvalue weighted by molar-refractivity contribution is 1.01. The molecule has 5 heteroatoms. The first kappa shape index (κ1) is 28.7. The van der Waals surface area contributed by atoms with E-state index < -0.39 is 0 Å². The van der Waals surface area contributed by atoms with Crippen molar-refractivity contribution in [1.29, 1.82) is 0 Å². The number of aromatic nitrogens is 5. The highest BCUT2D eigenvalue weighted by Crippen LogP contribution is 2.39. The van der Waals surface area contributed by atoms with Crippen molar-refractivity contribution in [3.05, 3.63) is 176 Å². The minimum Gasteiger partial charge on any atom is -0.309 e. The van der Waals surface area contributed by atoms with Crippen molar-refractivity contribution in [2.75, 3.05) is 0 Å². The van der Waals surface area contributed by atoms with E-state index in [0.29, 0.717) is 5.95 Å². The Kier molecular flexibility index (Phi) is 6.18. The molecule has 0 aliphatic carbocycles. The molecule has 0 unspecified atom stereocenters. The van der Waals surface area contributed by atoms with Gasteiger partial charge in [0.25, 0.3) is 0 Å². The zero-order valence-electron chi connectivity index (χ0n) is 28.0. The van der Waals surface area contributed by atoms with E-state index in [4.69, 9.17) is 15.0 Å². The second-order valence-corrected chi connectivity index (χ2v) is 13.3. The monoisotopic (exact) mass is 663 g/mol. The van der Waals surface area contributed by atoms with E-state index in [9.17, 15) is 0 Å². The Morgan fingerprint density at radius 2 is 1.02 bits per heavy atom. The molecule has 242 valence electrons. The Morgan fingerprint density at radius 3 is 1.87 bits per heavy atom. The highest BCUT2D eigenvalue weighted by molar-refractivity contribution is 6.15. The molecule has 7 aromatic carbocycles. The highest BCUT2D eigenvalue weighted by Gasteiger charge is 2.20. The van der Waals surface area contributed by atoms with Gasteiger partial charge in [-0.2, -0.15) is 0 Å². The van der Waals surface area contributed by atoms with E-state index in [0.717, 1.165) is 60.7 Å². The molecule has 52 heavy (non-hydrogen) atoms. The zero-order valence-corrected chi connectivity index (χ0v) is 28.0. The minimum atomic E-state index is 0.616. The molecule has 4 aromatic heterocycles. The third kappa shape index (κ3) is 4.33. The molecule has 0 fully saturated rings. The van der Waals surface area contributed by atoms with Crippen LogP contribution in [0.25, 0.3) is 99.4 Å². The van der Waals surface area contributed by atoms with Gasteiger partial charge in [-0.3, -0.25) is 9.55 Å². The van der Waals surface area contributed by atoms with Crippen molar-refractivity contribution >= 4 is 65.4 Å². The van der Waals surface area contributed by atoms with Gasteiger partial charge < -0.3 is 4.57 Å². The normalized spacial score (nSPS) is 11.8. The van der Waals surface area contributed by atoms with E-state index in [1.807, 2.05) is 18.3 Å². The van der Waals surface area contributed by atoms with Gasteiger partial charge in [0.1, 0.15) is 11.2 Å². The Balaban J connectivity index is 1.19. The molecule has 0 radical (unpaired) electrons. The Labute approximate surface area is 298 Å². The lowest BCUT2D eigenvalue weighted by Crippen LogP contribution is -2.04. The maximum atomic E-state index is 5.41. The number of nitrogens with zero attached hydrogens (tertiary/aromatic N) is 5. The molecule has 0 N–H and O–H groups in total. The summed E-state index contributed by atoms with van der Waals surface area (Å²) in [5, 5.41) is 7.06. The number of hydrogen-bond acceptors (Lipinski definition) is 3. The summed E-state index contributed by atoms with van der Waals surface area (Å²) in [6.45, 7) is 0. The van der Waals surface area contributed by atoms with Crippen LogP contribution >= 0.6 is 0 Å². The summed E-state index contributed by atoms with van der Waals surface area (Å²) in [5.74, 6) is 0.616. The number of benzene rings is 7. The van der Waals surface area contributed by atoms with Crippen LogP contribution < -0.4 is 0 Å². The molecule has 11 aromatic rings. The summed E-state index contributed by atoms with van der Waals surface area (Å²) >= 11 is 0. The van der Waals surface area contributed by atoms with Gasteiger partial charge in [-0.1, -0.05) is 103 Å². The lowest BCUT2D eigenvalue weighted by atomic mass is 10.0. The Bertz CT molecular complexity index is 3180. The van der Waals surface area contributed by atoms with Crippen molar-refractivity contribution in [2.45, 2.75) is 0 Å². The van der Waals surface area contributed by atoms with Crippen molar-refractivity contribution in [3.8, 4) is 34.0 Å². The zero-order chi connectivity index (χ0) is 34.2. The van der Waals surface area contributed by atoms with Gasteiger partial charge in [0.05, 0.1) is 27.6 Å². The van der Waals surface area contributed by atoms with Gasteiger partial charge >= 0.3 is 0 Å². The van der Waals surface area contributed by atoms with E-state index in [2.05, 4.69) is 167 Å². The third-order valence-corrected chi connectivity index (χ3v) is 10.3. The molecule has 4 heterocycles. The molecule has 0 amide bonds. The third-order valence-electron chi connectivity index (χ3n) is 10.3. The fraction of sp³-hybridized carbons (Fsp3) is 0. The lowest BCUT2D eigenvalue weighted by Gasteiger charge is -2.12. The van der Waals surface area contributed by atoms with E-state index in [1.165, 1.54) is 32.8 Å². The fourth-order valence-corrected chi connectivity index (χ4v) is 7.96. The van der Waals surface area contributed by atoms with Crippen LogP contribution in [0, 0.1) is 0 Å². The second-order valence-electron chi connectivity index (χ2n) is 13.3. The summed E-state index contributed by atoms with van der Waals surface area (Å²) in [6.07, 6.45) is 1.83. The number of rotatable bonds is 4. The molecular weight excluding hydrogens is 635 g/mol. The van der Waals surface area contributed by atoms with Crippen LogP contribution in [0.2, 0.25) is 0 Å². The second kappa shape index (κ2) is 11.2. The van der Waals surface area contributed by atoms with Crippen molar-refractivity contribution in [1.82, 2.24) is 24.1 Å². The maximum absolute atomic E-state index is 5.41. The van der Waals surface area contributed by atoms with Crippen LogP contribution in [-0.2, 0) is 0 Å². The first-order valence-electron chi connectivity index (χ1n) is 17.5. The summed E-state index contributed by atoms with van der Waals surface area (Å²) in [4.78, 5) is 15.5. The van der Waals surface area contributed by atoms with E-state index >= 15 is 0 Å². The van der Waals surface area contributed by atoms with Gasteiger partial charge in [-0.25, -0.2) is 9.97 Å². The molecule has 0 saturated carbocycles. The van der Waals surface area contributed by atoms with Crippen molar-refractivity contribution < 1.29 is 0 Å². The summed E-state index contributed by atoms with van der Waals surface area (Å²) < 4.78 is 4.56. The number of pyridine rings is 1. The van der Waals surface area contributed by atoms with Crippen molar-refractivity contribution in [2.24, 2.45) is 0 Å².